The number of hydrogen-bond donors (Lipinski definition) is 1. The summed E-state index contributed by atoms with van der Waals surface area (Å²) in [6.45, 7) is 1.49. The van der Waals surface area contributed by atoms with Crippen LogP contribution in [-0.2, 0) is 20.5 Å². The third kappa shape index (κ3) is 2.16. The number of anilines is 1. The van der Waals surface area contributed by atoms with Gasteiger partial charge in [-0.15, -0.1) is 0 Å². The Morgan fingerprint density at radius 3 is 2.25 bits per heavy atom. The molecule has 5 rings (SSSR count). The van der Waals surface area contributed by atoms with Crippen molar-refractivity contribution in [3.63, 3.8) is 0 Å². The molecule has 9 heteroatoms. The number of aromatic amines is 1. The molecule has 3 fully saturated rings. The van der Waals surface area contributed by atoms with E-state index in [9.17, 15) is 27.6 Å². The van der Waals surface area contributed by atoms with Crippen LogP contribution in [-0.4, -0.2) is 29.0 Å². The van der Waals surface area contributed by atoms with E-state index in [1.807, 2.05) is 0 Å². The highest BCUT2D eigenvalue weighted by Gasteiger charge is 2.62. The van der Waals surface area contributed by atoms with Gasteiger partial charge in [0, 0.05) is 11.5 Å². The summed E-state index contributed by atoms with van der Waals surface area (Å²) >= 11 is 0. The Kier molecular flexibility index (Phi) is 3.38. The average molecular weight is 392 g/mol. The number of benzene rings is 1. The quantitative estimate of drug-likeness (QED) is 0.757. The van der Waals surface area contributed by atoms with Crippen LogP contribution in [0.15, 0.2) is 23.0 Å². The predicted molar refractivity (Wildman–Crippen MR) is 91.7 cm³/mol. The van der Waals surface area contributed by atoms with Gasteiger partial charge < -0.3 is 9.72 Å². The van der Waals surface area contributed by atoms with Crippen LogP contribution in [0.25, 0.3) is 10.9 Å². The van der Waals surface area contributed by atoms with Crippen LogP contribution in [0.4, 0.5) is 18.9 Å². The fourth-order valence-corrected chi connectivity index (χ4v) is 4.88. The largest absolute Gasteiger partial charge is 0.417 e. The molecule has 1 aromatic carbocycles. The highest BCUT2D eigenvalue weighted by Crippen LogP contribution is 2.50. The van der Waals surface area contributed by atoms with Gasteiger partial charge in [0.2, 0.25) is 17.4 Å². The highest BCUT2D eigenvalue weighted by atomic mass is 19.4. The highest BCUT2D eigenvalue weighted by molar-refractivity contribution is 6.23. The topological polar surface area (TPSA) is 79.5 Å². The fourth-order valence-electron chi connectivity index (χ4n) is 4.88. The van der Waals surface area contributed by atoms with Gasteiger partial charge in [-0.1, -0.05) is 6.07 Å². The summed E-state index contributed by atoms with van der Waals surface area (Å²) in [7, 11) is 0. The molecular formula is C19H15F3N2O4. The molecule has 2 bridgehead atoms. The number of amides is 2. The van der Waals surface area contributed by atoms with E-state index in [2.05, 4.69) is 4.98 Å². The normalized spacial score (nSPS) is 29.2. The molecule has 1 N–H and O–H groups in total. The molecule has 0 aliphatic carbocycles. The lowest BCUT2D eigenvalue weighted by atomic mass is 9.81. The number of halogens is 3. The molecule has 28 heavy (non-hydrogen) atoms. The zero-order valence-electron chi connectivity index (χ0n) is 14.7. The summed E-state index contributed by atoms with van der Waals surface area (Å²) < 4.78 is 45.6. The lowest BCUT2D eigenvalue weighted by Crippen LogP contribution is -2.34. The maximum atomic E-state index is 13.3. The molecule has 6 nitrogen and oxygen atoms in total. The Bertz CT molecular complexity index is 1080. The Labute approximate surface area is 156 Å². The Morgan fingerprint density at radius 1 is 1.07 bits per heavy atom. The first-order valence-electron chi connectivity index (χ1n) is 8.95. The minimum atomic E-state index is -4.70. The first-order chi connectivity index (χ1) is 13.2. The molecular weight excluding hydrogens is 377 g/mol. The fraction of sp³-hybridized carbons (Fsp3) is 0.421. The van der Waals surface area contributed by atoms with Gasteiger partial charge in [-0.2, -0.15) is 13.2 Å². The molecule has 2 amide bonds. The van der Waals surface area contributed by atoms with Gasteiger partial charge in [-0.3, -0.25) is 14.4 Å². The molecule has 4 atom stereocenters. The van der Waals surface area contributed by atoms with Crippen molar-refractivity contribution in [1.82, 2.24) is 4.98 Å². The number of pyridine rings is 1. The molecule has 4 heterocycles. The monoisotopic (exact) mass is 392 g/mol. The van der Waals surface area contributed by atoms with Gasteiger partial charge >= 0.3 is 6.18 Å². The van der Waals surface area contributed by atoms with Crippen LogP contribution in [0.2, 0.25) is 0 Å². The number of imide groups is 1. The third-order valence-electron chi connectivity index (χ3n) is 6.08. The Morgan fingerprint density at radius 2 is 1.68 bits per heavy atom. The molecule has 0 saturated carbocycles. The number of aryl methyl sites for hydroxylation is 1. The van der Waals surface area contributed by atoms with Gasteiger partial charge in [0.15, 0.2) is 0 Å². The standard InChI is InChI=1S/C19H15F3N2O4/c1-7-10(3-2-8-9(19(20,21)22)6-13(25)23-16(7)8)24-17(26)14-11-4-5-12(28-11)15(14)18(24)27/h2-3,6,11-12,14-15H,4-5H2,1H3,(H,23,25). The van der Waals surface area contributed by atoms with Crippen molar-refractivity contribution in [2.45, 2.75) is 38.1 Å². The summed E-state index contributed by atoms with van der Waals surface area (Å²) in [5.74, 6) is -1.86. The zero-order valence-corrected chi connectivity index (χ0v) is 14.7. The second-order valence-corrected chi connectivity index (χ2v) is 7.53. The van der Waals surface area contributed by atoms with E-state index in [-0.39, 0.29) is 46.2 Å². The van der Waals surface area contributed by atoms with E-state index < -0.39 is 29.1 Å². The van der Waals surface area contributed by atoms with Gasteiger partial charge in [-0.25, -0.2) is 4.90 Å². The van der Waals surface area contributed by atoms with Crippen LogP contribution in [0.1, 0.15) is 24.0 Å². The first-order valence-corrected chi connectivity index (χ1v) is 8.95. The molecule has 3 saturated heterocycles. The molecule has 0 radical (unpaired) electrons. The van der Waals surface area contributed by atoms with Crippen molar-refractivity contribution in [2.75, 3.05) is 4.90 Å². The van der Waals surface area contributed by atoms with Crippen LogP contribution in [0.5, 0.6) is 0 Å². The van der Waals surface area contributed by atoms with E-state index in [0.29, 0.717) is 6.07 Å². The maximum absolute atomic E-state index is 13.3. The van der Waals surface area contributed by atoms with Gasteiger partial charge in [-0.05, 0) is 31.4 Å². The van der Waals surface area contributed by atoms with Gasteiger partial charge in [0.05, 0.1) is 40.8 Å². The summed E-state index contributed by atoms with van der Waals surface area (Å²) in [6.07, 6.45) is -3.83. The van der Waals surface area contributed by atoms with Crippen molar-refractivity contribution >= 4 is 28.4 Å². The lowest BCUT2D eigenvalue weighted by Gasteiger charge is -2.21. The Hall–Kier alpha value is -2.68. The summed E-state index contributed by atoms with van der Waals surface area (Å²) in [4.78, 5) is 41.2. The van der Waals surface area contributed by atoms with Gasteiger partial charge in [0.1, 0.15) is 0 Å². The maximum Gasteiger partial charge on any atom is 0.417 e. The lowest BCUT2D eigenvalue weighted by molar-refractivity contribution is -0.136. The predicted octanol–water partition coefficient (Wildman–Crippen LogP) is 2.52. The van der Waals surface area contributed by atoms with Crippen molar-refractivity contribution in [1.29, 1.82) is 0 Å². The second-order valence-electron chi connectivity index (χ2n) is 7.53. The smallest absolute Gasteiger partial charge is 0.373 e. The Balaban J connectivity index is 1.67. The third-order valence-corrected chi connectivity index (χ3v) is 6.08. The minimum absolute atomic E-state index is 0.0331. The van der Waals surface area contributed by atoms with Gasteiger partial charge in [0.25, 0.3) is 0 Å². The average Bonchev–Trinajstić information content (AvgIpc) is 3.29. The number of nitrogens with zero attached hydrogens (tertiary/aromatic N) is 1. The number of carbonyl (C=O) groups excluding carboxylic acids is 2. The number of carbonyl (C=O) groups is 2. The van der Waals surface area contributed by atoms with E-state index in [0.717, 1.165) is 17.7 Å². The van der Waals surface area contributed by atoms with Crippen molar-refractivity contribution in [3.05, 3.63) is 39.7 Å². The first kappa shape index (κ1) is 17.4. The molecule has 2 aromatic rings. The molecule has 0 spiro atoms. The van der Waals surface area contributed by atoms with Crippen LogP contribution < -0.4 is 10.5 Å². The number of rotatable bonds is 1. The second kappa shape index (κ2) is 5.44. The molecule has 3 aliphatic rings. The summed E-state index contributed by atoms with van der Waals surface area (Å²) in [6, 6.07) is 3.04. The number of alkyl halides is 3. The molecule has 146 valence electrons. The van der Waals surface area contributed by atoms with Crippen LogP contribution in [0.3, 0.4) is 0 Å². The van der Waals surface area contributed by atoms with Crippen molar-refractivity contribution in [2.24, 2.45) is 11.8 Å². The van der Waals surface area contributed by atoms with Crippen molar-refractivity contribution < 1.29 is 27.5 Å². The number of nitrogens with one attached hydrogen (secondary N) is 1. The number of fused-ring (bicyclic) bond motifs is 6. The van der Waals surface area contributed by atoms with Crippen LogP contribution >= 0.6 is 0 Å². The number of hydrogen-bond acceptors (Lipinski definition) is 4. The number of ether oxygens (including phenoxy) is 1. The number of H-pyrrole nitrogens is 1. The van der Waals surface area contributed by atoms with Crippen LogP contribution in [0, 0.1) is 18.8 Å². The summed E-state index contributed by atoms with van der Waals surface area (Å²) in [5.41, 5.74) is -1.54. The molecule has 1 aromatic heterocycles. The molecule has 4 unspecified atom stereocenters. The number of aromatic nitrogens is 1. The van der Waals surface area contributed by atoms with Crippen molar-refractivity contribution in [3.8, 4) is 0 Å². The van der Waals surface area contributed by atoms with E-state index in [4.69, 9.17) is 4.74 Å². The van der Waals surface area contributed by atoms with E-state index in [1.54, 1.807) is 0 Å². The summed E-state index contributed by atoms with van der Waals surface area (Å²) in [5, 5.41) is -0.184. The zero-order chi connectivity index (χ0) is 20.0. The van der Waals surface area contributed by atoms with E-state index in [1.165, 1.54) is 19.1 Å². The van der Waals surface area contributed by atoms with E-state index >= 15 is 0 Å². The molecule has 3 aliphatic heterocycles. The SMILES string of the molecule is Cc1c(N2C(=O)C3C4CCC(O4)C3C2=O)ccc2c(C(F)(F)F)cc(=O)[nH]c12. The minimum Gasteiger partial charge on any atom is -0.373 e.